The zero-order chi connectivity index (χ0) is 16.7. The molecule has 0 atom stereocenters. The molecule has 124 valence electrons. The van der Waals surface area contributed by atoms with Gasteiger partial charge in [-0.05, 0) is 52.0 Å². The van der Waals surface area contributed by atoms with Crippen LogP contribution in [0.25, 0.3) is 0 Å². The molecule has 0 saturated heterocycles. The standard InChI is InChI=1S/C17H23ClN4S/c1-9-10(2)23-17-15(9)16(12-4-6-13(18)7-5-12)21-8-14(20)22(17)11(3)19/h12-13,19-20H,4-8H2,1-3H3. The van der Waals surface area contributed by atoms with Crippen molar-refractivity contribution in [3.63, 3.8) is 0 Å². The first-order chi connectivity index (χ1) is 10.9. The van der Waals surface area contributed by atoms with E-state index in [0.717, 1.165) is 36.4 Å². The van der Waals surface area contributed by atoms with Gasteiger partial charge in [-0.15, -0.1) is 22.9 Å². The normalized spacial score (nSPS) is 25.0. The van der Waals surface area contributed by atoms with Gasteiger partial charge in [0.05, 0.1) is 6.54 Å². The second-order valence-corrected chi connectivity index (χ2v) is 8.30. The Morgan fingerprint density at radius 2 is 1.91 bits per heavy atom. The van der Waals surface area contributed by atoms with Crippen LogP contribution in [-0.2, 0) is 0 Å². The molecule has 0 bridgehead atoms. The van der Waals surface area contributed by atoms with Crippen molar-refractivity contribution in [3.05, 3.63) is 16.0 Å². The van der Waals surface area contributed by atoms with Gasteiger partial charge in [0.15, 0.2) is 0 Å². The Hall–Kier alpha value is -1.20. The maximum Gasteiger partial charge on any atom is 0.129 e. The highest BCUT2D eigenvalue weighted by Gasteiger charge is 2.33. The number of fused-ring (bicyclic) bond motifs is 1. The van der Waals surface area contributed by atoms with Crippen LogP contribution in [0.2, 0.25) is 0 Å². The molecule has 2 heterocycles. The number of aryl methyl sites for hydroxylation is 1. The summed E-state index contributed by atoms with van der Waals surface area (Å²) in [6.07, 6.45) is 4.20. The van der Waals surface area contributed by atoms with Crippen LogP contribution < -0.4 is 4.90 Å². The lowest BCUT2D eigenvalue weighted by Gasteiger charge is -2.27. The number of aliphatic imine (C=N–C) groups is 1. The molecule has 0 amide bonds. The number of amidine groups is 2. The van der Waals surface area contributed by atoms with Gasteiger partial charge in [0.25, 0.3) is 0 Å². The molecule has 1 aliphatic heterocycles. The maximum atomic E-state index is 8.33. The van der Waals surface area contributed by atoms with Crippen molar-refractivity contribution >= 4 is 45.3 Å². The first-order valence-electron chi connectivity index (χ1n) is 8.11. The summed E-state index contributed by atoms with van der Waals surface area (Å²) < 4.78 is 0. The number of anilines is 1. The first kappa shape index (κ1) is 16.7. The molecule has 0 unspecified atom stereocenters. The Balaban J connectivity index is 2.09. The van der Waals surface area contributed by atoms with Crippen molar-refractivity contribution in [2.75, 3.05) is 11.4 Å². The predicted octanol–water partition coefficient (Wildman–Crippen LogP) is 4.75. The maximum absolute atomic E-state index is 8.33. The van der Waals surface area contributed by atoms with Gasteiger partial charge in [0.2, 0.25) is 0 Å². The quantitative estimate of drug-likeness (QED) is 0.428. The SMILES string of the molecule is CC(=N)N1C(=N)CN=C(C2CCC(Cl)CC2)c2c1sc(C)c2C. The number of alkyl halides is 1. The fourth-order valence-corrected chi connectivity index (χ4v) is 5.01. The van der Waals surface area contributed by atoms with Crippen LogP contribution in [0.15, 0.2) is 4.99 Å². The van der Waals surface area contributed by atoms with Crippen molar-refractivity contribution in [1.82, 2.24) is 0 Å². The van der Waals surface area contributed by atoms with Crippen LogP contribution in [0.4, 0.5) is 5.00 Å². The molecule has 3 rings (SSSR count). The average molecular weight is 351 g/mol. The van der Waals surface area contributed by atoms with Gasteiger partial charge in [-0.2, -0.15) is 0 Å². The highest BCUT2D eigenvalue weighted by Crippen LogP contribution is 2.41. The molecule has 2 aliphatic rings. The van der Waals surface area contributed by atoms with Crippen LogP contribution in [0, 0.1) is 30.6 Å². The number of halogens is 1. The first-order valence-corrected chi connectivity index (χ1v) is 9.37. The summed E-state index contributed by atoms with van der Waals surface area (Å²) in [5, 5.41) is 17.7. The Labute approximate surface area is 146 Å². The largest absolute Gasteiger partial charge is 0.288 e. The van der Waals surface area contributed by atoms with E-state index in [1.54, 1.807) is 23.2 Å². The second-order valence-electron chi connectivity index (χ2n) is 6.48. The fraction of sp³-hybridized carbons (Fsp3) is 0.588. The van der Waals surface area contributed by atoms with E-state index >= 15 is 0 Å². The highest BCUT2D eigenvalue weighted by molar-refractivity contribution is 7.17. The lowest BCUT2D eigenvalue weighted by atomic mass is 9.82. The second kappa shape index (κ2) is 6.36. The highest BCUT2D eigenvalue weighted by atomic mass is 35.5. The van der Waals surface area contributed by atoms with Crippen molar-refractivity contribution in [3.8, 4) is 0 Å². The minimum absolute atomic E-state index is 0.293. The molecule has 2 N–H and O–H groups in total. The number of hydrogen-bond donors (Lipinski definition) is 2. The molecule has 0 aromatic carbocycles. The van der Waals surface area contributed by atoms with E-state index < -0.39 is 0 Å². The number of nitrogens with zero attached hydrogens (tertiary/aromatic N) is 2. The molecule has 6 heteroatoms. The van der Waals surface area contributed by atoms with Gasteiger partial charge >= 0.3 is 0 Å². The third-order valence-electron chi connectivity index (χ3n) is 4.87. The van der Waals surface area contributed by atoms with E-state index in [-0.39, 0.29) is 0 Å². The van der Waals surface area contributed by atoms with E-state index in [4.69, 9.17) is 27.4 Å². The Kier molecular flexibility index (Phi) is 4.61. The van der Waals surface area contributed by atoms with Crippen molar-refractivity contribution in [2.24, 2.45) is 10.9 Å². The van der Waals surface area contributed by atoms with Crippen LogP contribution in [0.1, 0.15) is 48.6 Å². The fourth-order valence-electron chi connectivity index (χ4n) is 3.51. The van der Waals surface area contributed by atoms with Crippen LogP contribution >= 0.6 is 22.9 Å². The smallest absolute Gasteiger partial charge is 0.129 e. The minimum Gasteiger partial charge on any atom is -0.288 e. The van der Waals surface area contributed by atoms with E-state index in [2.05, 4.69) is 13.8 Å². The van der Waals surface area contributed by atoms with E-state index in [1.165, 1.54) is 16.0 Å². The molecule has 23 heavy (non-hydrogen) atoms. The van der Waals surface area contributed by atoms with E-state index in [9.17, 15) is 0 Å². The summed E-state index contributed by atoms with van der Waals surface area (Å²) in [6.45, 7) is 6.35. The molecule has 1 aromatic heterocycles. The van der Waals surface area contributed by atoms with Gasteiger partial charge < -0.3 is 0 Å². The molecule has 1 aliphatic carbocycles. The number of nitrogens with one attached hydrogen (secondary N) is 2. The summed E-state index contributed by atoms with van der Waals surface area (Å²) in [6, 6.07) is 0. The van der Waals surface area contributed by atoms with E-state index in [0.29, 0.717) is 29.5 Å². The summed E-state index contributed by atoms with van der Waals surface area (Å²) >= 11 is 7.94. The van der Waals surface area contributed by atoms with Crippen molar-refractivity contribution in [1.29, 1.82) is 10.8 Å². The molecule has 0 radical (unpaired) electrons. The van der Waals surface area contributed by atoms with Crippen molar-refractivity contribution < 1.29 is 0 Å². The molecule has 4 nitrogen and oxygen atoms in total. The van der Waals surface area contributed by atoms with Crippen LogP contribution in [0.5, 0.6) is 0 Å². The average Bonchev–Trinajstić information content (AvgIpc) is 2.68. The third-order valence-corrected chi connectivity index (χ3v) is 6.50. The zero-order valence-corrected chi connectivity index (χ0v) is 15.4. The molecular formula is C17H23ClN4S. The molecule has 1 saturated carbocycles. The summed E-state index contributed by atoms with van der Waals surface area (Å²) in [7, 11) is 0. The van der Waals surface area contributed by atoms with Crippen LogP contribution in [-0.4, -0.2) is 29.3 Å². The Morgan fingerprint density at radius 3 is 2.52 bits per heavy atom. The van der Waals surface area contributed by atoms with E-state index in [1.807, 2.05) is 0 Å². The third kappa shape index (κ3) is 2.96. The Morgan fingerprint density at radius 1 is 1.26 bits per heavy atom. The lowest BCUT2D eigenvalue weighted by Crippen LogP contribution is -2.35. The number of thiophene rings is 1. The summed E-state index contributed by atoms with van der Waals surface area (Å²) in [4.78, 5) is 7.82. The molecule has 1 aromatic rings. The van der Waals surface area contributed by atoms with Crippen molar-refractivity contribution in [2.45, 2.75) is 51.8 Å². The number of rotatable bonds is 1. The number of hydrogen-bond acceptors (Lipinski definition) is 4. The predicted molar refractivity (Wildman–Crippen MR) is 100 cm³/mol. The van der Waals surface area contributed by atoms with Gasteiger partial charge in [-0.25, -0.2) is 0 Å². The van der Waals surface area contributed by atoms with Gasteiger partial charge in [-0.3, -0.25) is 20.7 Å². The molecular weight excluding hydrogens is 328 g/mol. The lowest BCUT2D eigenvalue weighted by molar-refractivity contribution is 0.445. The van der Waals surface area contributed by atoms with Gasteiger partial charge in [-0.1, -0.05) is 0 Å². The Bertz CT molecular complexity index is 683. The van der Waals surface area contributed by atoms with Gasteiger partial charge in [0, 0.05) is 27.4 Å². The van der Waals surface area contributed by atoms with Gasteiger partial charge in [0.1, 0.15) is 16.7 Å². The minimum atomic E-state index is 0.293. The molecule has 1 fully saturated rings. The molecule has 0 spiro atoms. The van der Waals surface area contributed by atoms with Crippen LogP contribution in [0.3, 0.4) is 0 Å². The summed E-state index contributed by atoms with van der Waals surface area (Å²) in [5.74, 6) is 1.20. The monoisotopic (exact) mass is 350 g/mol. The summed E-state index contributed by atoms with van der Waals surface area (Å²) in [5.41, 5.74) is 3.55. The zero-order valence-electron chi connectivity index (χ0n) is 13.9. The topological polar surface area (TPSA) is 63.3 Å².